The number of rotatable bonds is 4. The molecule has 0 aliphatic rings. The van der Waals surface area contributed by atoms with Crippen LogP contribution in [0.2, 0.25) is 0 Å². The maximum absolute atomic E-state index is 12.1. The fraction of sp³-hybridized carbons (Fsp3) is 0.188. The van der Waals surface area contributed by atoms with Gasteiger partial charge in [-0.15, -0.1) is 0 Å². The molecule has 0 bridgehead atoms. The van der Waals surface area contributed by atoms with Gasteiger partial charge in [0.05, 0.1) is 11.0 Å². The second-order valence-corrected chi connectivity index (χ2v) is 5.01. The Bertz CT molecular complexity index is 709. The van der Waals surface area contributed by atoms with Crippen molar-refractivity contribution in [1.82, 2.24) is 0 Å². The second-order valence-electron chi connectivity index (χ2n) is 5.01. The largest absolute Gasteiger partial charge is 0.389 e. The van der Waals surface area contributed by atoms with Crippen molar-refractivity contribution in [3.05, 3.63) is 69.3 Å². The fourth-order valence-corrected chi connectivity index (χ4v) is 2.05. The molecule has 0 spiro atoms. The van der Waals surface area contributed by atoms with Gasteiger partial charge in [-0.25, -0.2) is 0 Å². The van der Waals surface area contributed by atoms with Gasteiger partial charge >= 0.3 is 0 Å². The van der Waals surface area contributed by atoms with Crippen LogP contribution in [-0.4, -0.2) is 15.9 Å². The molecule has 0 aliphatic carbocycles. The lowest BCUT2D eigenvalue weighted by Gasteiger charge is -2.08. The number of nitrogens with zero attached hydrogens (tertiary/aromatic N) is 1. The third-order valence-corrected chi connectivity index (χ3v) is 3.31. The molecule has 0 aliphatic heterocycles. The zero-order valence-electron chi connectivity index (χ0n) is 12.2. The Hall–Kier alpha value is -2.73. The number of carbonyl (C=O) groups excluding carboxylic acids is 1. The molecule has 0 aromatic heterocycles. The number of hydrogen-bond acceptors (Lipinski definition) is 4. The summed E-state index contributed by atoms with van der Waals surface area (Å²) in [5.74, 6) is -0.345. The molecule has 1 amide bonds. The normalized spacial score (nSPS) is 11.8. The van der Waals surface area contributed by atoms with E-state index in [0.717, 1.165) is 5.56 Å². The van der Waals surface area contributed by atoms with E-state index < -0.39 is 11.0 Å². The van der Waals surface area contributed by atoms with Crippen molar-refractivity contribution >= 4 is 17.3 Å². The molecule has 6 heteroatoms. The fourth-order valence-electron chi connectivity index (χ4n) is 2.05. The maximum Gasteiger partial charge on any atom is 0.272 e. The Labute approximate surface area is 127 Å². The summed E-state index contributed by atoms with van der Waals surface area (Å²) in [7, 11) is 0. The number of benzene rings is 2. The van der Waals surface area contributed by atoms with Crippen LogP contribution in [0.4, 0.5) is 11.4 Å². The number of anilines is 1. The molecule has 0 saturated heterocycles. The highest BCUT2D eigenvalue weighted by molar-refractivity contribution is 6.04. The van der Waals surface area contributed by atoms with E-state index in [9.17, 15) is 20.0 Å². The predicted molar refractivity (Wildman–Crippen MR) is 82.9 cm³/mol. The number of carbonyl (C=O) groups is 1. The van der Waals surface area contributed by atoms with Crippen LogP contribution < -0.4 is 5.32 Å². The molecule has 0 fully saturated rings. The molecule has 2 aromatic carbocycles. The monoisotopic (exact) mass is 300 g/mol. The highest BCUT2D eigenvalue weighted by Crippen LogP contribution is 2.20. The predicted octanol–water partition coefficient (Wildman–Crippen LogP) is 3.21. The Morgan fingerprint density at radius 3 is 2.36 bits per heavy atom. The third kappa shape index (κ3) is 3.48. The van der Waals surface area contributed by atoms with E-state index in [0.29, 0.717) is 16.8 Å². The highest BCUT2D eigenvalue weighted by Gasteiger charge is 2.14. The number of amides is 1. The van der Waals surface area contributed by atoms with Crippen LogP contribution in [0.1, 0.15) is 34.5 Å². The van der Waals surface area contributed by atoms with Gasteiger partial charge in [-0.3, -0.25) is 14.9 Å². The van der Waals surface area contributed by atoms with Crippen molar-refractivity contribution in [1.29, 1.82) is 0 Å². The minimum atomic E-state index is -0.568. The molecule has 6 nitrogen and oxygen atoms in total. The first-order chi connectivity index (χ1) is 10.4. The molecule has 1 atom stereocenters. The van der Waals surface area contributed by atoms with E-state index >= 15 is 0 Å². The molecule has 0 unspecified atom stereocenters. The molecule has 0 heterocycles. The number of aliphatic hydroxyl groups excluding tert-OH is 1. The van der Waals surface area contributed by atoms with Gasteiger partial charge in [0.15, 0.2) is 0 Å². The maximum atomic E-state index is 12.1. The topological polar surface area (TPSA) is 92.5 Å². The van der Waals surface area contributed by atoms with Gasteiger partial charge in [0.1, 0.15) is 0 Å². The number of nitro benzene ring substituents is 1. The molecule has 2 rings (SSSR count). The first-order valence-electron chi connectivity index (χ1n) is 6.73. The second kappa shape index (κ2) is 6.36. The lowest BCUT2D eigenvalue weighted by molar-refractivity contribution is -0.385. The zero-order chi connectivity index (χ0) is 16.3. The van der Waals surface area contributed by atoms with Gasteiger partial charge in [0, 0.05) is 22.9 Å². The standard InChI is InChI=1S/C16H16N2O4/c1-10-9-13(5-8-15(10)18(21)22)16(20)17-14-6-3-12(4-7-14)11(2)19/h3-9,11,19H,1-2H3,(H,17,20)/t11-/m1/s1. The van der Waals surface area contributed by atoms with E-state index in [2.05, 4.69) is 5.32 Å². The van der Waals surface area contributed by atoms with Crippen molar-refractivity contribution in [2.75, 3.05) is 5.32 Å². The summed E-state index contributed by atoms with van der Waals surface area (Å²) in [5, 5.41) is 22.9. The van der Waals surface area contributed by atoms with Gasteiger partial charge in [-0.05, 0) is 43.7 Å². The smallest absolute Gasteiger partial charge is 0.272 e. The SMILES string of the molecule is Cc1cc(C(=O)Nc2ccc([C@@H](C)O)cc2)ccc1[N+](=O)[O-]. The summed E-state index contributed by atoms with van der Waals surface area (Å²) in [6.45, 7) is 3.25. The number of hydrogen-bond donors (Lipinski definition) is 2. The molecule has 0 saturated carbocycles. The molecule has 0 radical (unpaired) electrons. The zero-order valence-corrected chi connectivity index (χ0v) is 12.2. The Morgan fingerprint density at radius 1 is 1.23 bits per heavy atom. The summed E-state index contributed by atoms with van der Waals surface area (Å²) >= 11 is 0. The number of aliphatic hydroxyl groups is 1. The quantitative estimate of drug-likeness (QED) is 0.670. The van der Waals surface area contributed by atoms with Crippen LogP contribution in [-0.2, 0) is 0 Å². The van der Waals surface area contributed by atoms with Gasteiger partial charge in [-0.2, -0.15) is 0 Å². The van der Waals surface area contributed by atoms with Crippen molar-refractivity contribution in [3.8, 4) is 0 Å². The number of nitro groups is 1. The molecule has 2 aromatic rings. The van der Waals surface area contributed by atoms with E-state index in [1.165, 1.54) is 18.2 Å². The summed E-state index contributed by atoms with van der Waals surface area (Å²) < 4.78 is 0. The van der Waals surface area contributed by atoms with Crippen molar-refractivity contribution in [2.24, 2.45) is 0 Å². The average molecular weight is 300 g/mol. The van der Waals surface area contributed by atoms with Crippen LogP contribution in [0, 0.1) is 17.0 Å². The molecule has 22 heavy (non-hydrogen) atoms. The Morgan fingerprint density at radius 2 is 1.86 bits per heavy atom. The number of nitrogens with one attached hydrogen (secondary N) is 1. The minimum Gasteiger partial charge on any atom is -0.389 e. The lowest BCUT2D eigenvalue weighted by Crippen LogP contribution is -2.12. The molecular weight excluding hydrogens is 284 g/mol. The van der Waals surface area contributed by atoms with E-state index in [4.69, 9.17) is 0 Å². The van der Waals surface area contributed by atoms with Crippen LogP contribution in [0.15, 0.2) is 42.5 Å². The summed E-state index contributed by atoms with van der Waals surface area (Å²) in [4.78, 5) is 22.4. The summed E-state index contributed by atoms with van der Waals surface area (Å²) in [5.41, 5.74) is 2.11. The minimum absolute atomic E-state index is 0.0159. The first kappa shape index (κ1) is 15.7. The van der Waals surface area contributed by atoms with E-state index in [1.54, 1.807) is 38.1 Å². The molecular formula is C16H16N2O4. The van der Waals surface area contributed by atoms with Crippen LogP contribution >= 0.6 is 0 Å². The lowest BCUT2D eigenvalue weighted by atomic mass is 10.1. The van der Waals surface area contributed by atoms with E-state index in [-0.39, 0.29) is 11.6 Å². The van der Waals surface area contributed by atoms with Crippen molar-refractivity contribution < 1.29 is 14.8 Å². The Balaban J connectivity index is 2.15. The third-order valence-electron chi connectivity index (χ3n) is 3.31. The van der Waals surface area contributed by atoms with Gasteiger partial charge in [0.2, 0.25) is 0 Å². The number of aryl methyl sites for hydroxylation is 1. The average Bonchev–Trinajstić information content (AvgIpc) is 2.47. The van der Waals surface area contributed by atoms with Crippen LogP contribution in [0.25, 0.3) is 0 Å². The van der Waals surface area contributed by atoms with Gasteiger partial charge < -0.3 is 10.4 Å². The van der Waals surface area contributed by atoms with Crippen LogP contribution in [0.5, 0.6) is 0 Å². The highest BCUT2D eigenvalue weighted by atomic mass is 16.6. The van der Waals surface area contributed by atoms with E-state index in [1.807, 2.05) is 0 Å². The summed E-state index contributed by atoms with van der Waals surface area (Å²) in [6, 6.07) is 11.1. The van der Waals surface area contributed by atoms with Gasteiger partial charge in [-0.1, -0.05) is 12.1 Å². The van der Waals surface area contributed by atoms with Gasteiger partial charge in [0.25, 0.3) is 11.6 Å². The Kier molecular flexibility index (Phi) is 4.53. The van der Waals surface area contributed by atoms with Crippen LogP contribution in [0.3, 0.4) is 0 Å². The van der Waals surface area contributed by atoms with Crippen molar-refractivity contribution in [3.63, 3.8) is 0 Å². The molecule has 114 valence electrons. The first-order valence-corrected chi connectivity index (χ1v) is 6.73. The van der Waals surface area contributed by atoms with Crippen molar-refractivity contribution in [2.45, 2.75) is 20.0 Å². The summed E-state index contributed by atoms with van der Waals surface area (Å²) in [6.07, 6.45) is -0.568. The molecule has 2 N–H and O–H groups in total.